The summed E-state index contributed by atoms with van der Waals surface area (Å²) in [5.74, 6) is -4.58. The number of anilines is 2. The Morgan fingerprint density at radius 1 is 0.939 bits per heavy atom. The van der Waals surface area contributed by atoms with Gasteiger partial charge in [0, 0.05) is 46.3 Å². The number of carbonyl (C=O) groups is 3. The second kappa shape index (κ2) is 11.1. The molecule has 11 nitrogen and oxygen atoms in total. The Kier molecular flexibility index (Phi) is 9.32. The predicted molar refractivity (Wildman–Crippen MR) is 101 cm³/mol. The number of nitrogens with one attached hydrogen (secondary N) is 2. The molecule has 3 heterocycles. The van der Waals surface area contributed by atoms with E-state index < -0.39 is 24.3 Å². The average Bonchev–Trinajstić information content (AvgIpc) is 3.25. The molecular formula is C16H22F6N6O5. The number of aryl methyl sites for hydroxylation is 1. The van der Waals surface area contributed by atoms with E-state index in [9.17, 15) is 31.1 Å². The van der Waals surface area contributed by atoms with Gasteiger partial charge in [-0.05, 0) is 6.92 Å². The molecule has 4 N–H and O–H groups in total. The maximum absolute atomic E-state index is 11.9. The number of aliphatic carboxylic acids is 2. The number of urea groups is 1. The lowest BCUT2D eigenvalue weighted by Gasteiger charge is -2.29. The van der Waals surface area contributed by atoms with Gasteiger partial charge in [-0.3, -0.25) is 9.58 Å². The number of amides is 2. The number of carboxylic acids is 2. The topological polar surface area (TPSA) is 140 Å². The SMILES string of the molecule is Cc1c(N2CCNC2=O)c(N2CCNCC2)nn1C.O=C(O)C(F)(F)F.O=C(O)C(F)(F)F. The summed E-state index contributed by atoms with van der Waals surface area (Å²) in [5, 5.41) is 25.0. The minimum absolute atomic E-state index is 0.0208. The standard InChI is InChI=1S/C12H20N6O.2C2HF3O2/c1-9-10(18-8-5-14-12(18)19)11(15-16(9)2)17-6-3-13-4-7-17;2*3-2(4,5)1(6)7/h13H,3-8H2,1-2H3,(H,14,19);2*(H,6,7). The Hall–Kier alpha value is -3.24. The molecule has 0 saturated carbocycles. The lowest BCUT2D eigenvalue weighted by molar-refractivity contribution is -0.193. The Morgan fingerprint density at radius 2 is 1.39 bits per heavy atom. The zero-order valence-corrected chi connectivity index (χ0v) is 17.4. The number of halogens is 6. The fraction of sp³-hybridized carbons (Fsp3) is 0.625. The summed E-state index contributed by atoms with van der Waals surface area (Å²) in [6.45, 7) is 7.21. The second-order valence-corrected chi connectivity index (χ2v) is 6.61. The number of nitrogens with zero attached hydrogens (tertiary/aromatic N) is 4. The van der Waals surface area contributed by atoms with Crippen molar-refractivity contribution in [3.05, 3.63) is 5.69 Å². The van der Waals surface area contributed by atoms with Crippen LogP contribution in [0.5, 0.6) is 0 Å². The minimum Gasteiger partial charge on any atom is -0.475 e. The van der Waals surface area contributed by atoms with Crippen molar-refractivity contribution in [2.45, 2.75) is 19.3 Å². The molecule has 0 unspecified atom stereocenters. The van der Waals surface area contributed by atoms with E-state index in [0.717, 1.165) is 43.4 Å². The van der Waals surface area contributed by atoms with E-state index in [1.54, 1.807) is 4.90 Å². The van der Waals surface area contributed by atoms with Crippen LogP contribution < -0.4 is 20.4 Å². The number of piperazine rings is 1. The molecule has 2 aliphatic rings. The van der Waals surface area contributed by atoms with Gasteiger partial charge in [0.05, 0.1) is 5.69 Å². The van der Waals surface area contributed by atoms with E-state index in [1.807, 2.05) is 18.7 Å². The van der Waals surface area contributed by atoms with Crippen LogP contribution in [0.15, 0.2) is 0 Å². The predicted octanol–water partition coefficient (Wildman–Crippen LogP) is 0.934. The second-order valence-electron chi connectivity index (χ2n) is 6.61. The van der Waals surface area contributed by atoms with Gasteiger partial charge in [0.2, 0.25) is 0 Å². The molecule has 0 spiro atoms. The molecule has 33 heavy (non-hydrogen) atoms. The van der Waals surface area contributed by atoms with Crippen molar-refractivity contribution in [1.29, 1.82) is 0 Å². The van der Waals surface area contributed by atoms with Crippen LogP contribution in [-0.2, 0) is 16.6 Å². The first-order valence-corrected chi connectivity index (χ1v) is 9.22. The van der Waals surface area contributed by atoms with Crippen LogP contribution in [0.1, 0.15) is 5.69 Å². The third-order valence-electron chi connectivity index (χ3n) is 4.31. The largest absolute Gasteiger partial charge is 0.490 e. The number of hydrogen-bond acceptors (Lipinski definition) is 6. The van der Waals surface area contributed by atoms with E-state index in [4.69, 9.17) is 19.8 Å². The highest BCUT2D eigenvalue weighted by atomic mass is 19.4. The minimum atomic E-state index is -5.08. The number of aromatic nitrogens is 2. The van der Waals surface area contributed by atoms with Gasteiger partial charge in [-0.15, -0.1) is 0 Å². The molecule has 2 aliphatic heterocycles. The first kappa shape index (κ1) is 27.8. The van der Waals surface area contributed by atoms with Gasteiger partial charge < -0.3 is 25.7 Å². The van der Waals surface area contributed by atoms with Gasteiger partial charge in [-0.1, -0.05) is 0 Å². The maximum atomic E-state index is 11.9. The number of alkyl halides is 6. The highest BCUT2D eigenvalue weighted by molar-refractivity contribution is 5.97. The van der Waals surface area contributed by atoms with Crippen LogP contribution in [0.25, 0.3) is 0 Å². The van der Waals surface area contributed by atoms with Crippen molar-refractivity contribution >= 4 is 29.5 Å². The molecule has 0 atom stereocenters. The molecule has 0 aromatic carbocycles. The van der Waals surface area contributed by atoms with E-state index in [1.165, 1.54) is 0 Å². The van der Waals surface area contributed by atoms with E-state index in [0.29, 0.717) is 13.1 Å². The summed E-state index contributed by atoms with van der Waals surface area (Å²) >= 11 is 0. The van der Waals surface area contributed by atoms with E-state index in [2.05, 4.69) is 20.6 Å². The van der Waals surface area contributed by atoms with Crippen molar-refractivity contribution in [3.63, 3.8) is 0 Å². The van der Waals surface area contributed by atoms with Gasteiger partial charge >= 0.3 is 30.3 Å². The van der Waals surface area contributed by atoms with Crippen molar-refractivity contribution in [1.82, 2.24) is 20.4 Å². The summed E-state index contributed by atoms with van der Waals surface area (Å²) in [4.78, 5) is 33.8. The monoisotopic (exact) mass is 492 g/mol. The molecule has 2 amide bonds. The highest BCUT2D eigenvalue weighted by Crippen LogP contribution is 2.33. The molecule has 0 aliphatic carbocycles. The van der Waals surface area contributed by atoms with Gasteiger partial charge in [-0.25, -0.2) is 14.4 Å². The fourth-order valence-corrected chi connectivity index (χ4v) is 2.67. The van der Waals surface area contributed by atoms with Crippen LogP contribution in [0.2, 0.25) is 0 Å². The third-order valence-corrected chi connectivity index (χ3v) is 4.31. The van der Waals surface area contributed by atoms with E-state index >= 15 is 0 Å². The maximum Gasteiger partial charge on any atom is 0.490 e. The molecule has 0 radical (unpaired) electrons. The Morgan fingerprint density at radius 3 is 1.76 bits per heavy atom. The number of carbonyl (C=O) groups excluding carboxylic acids is 1. The molecule has 0 bridgehead atoms. The normalized spacial score (nSPS) is 16.3. The Balaban J connectivity index is 0.000000324. The van der Waals surface area contributed by atoms with Crippen LogP contribution in [0, 0.1) is 6.92 Å². The zero-order valence-electron chi connectivity index (χ0n) is 17.4. The summed E-state index contributed by atoms with van der Waals surface area (Å²) in [5.41, 5.74) is 1.99. The Labute approximate surface area is 182 Å². The summed E-state index contributed by atoms with van der Waals surface area (Å²) < 4.78 is 65.3. The number of rotatable bonds is 2. The van der Waals surface area contributed by atoms with E-state index in [-0.39, 0.29) is 6.03 Å². The van der Waals surface area contributed by atoms with Crippen LogP contribution in [-0.4, -0.2) is 89.6 Å². The summed E-state index contributed by atoms with van der Waals surface area (Å²) in [6.07, 6.45) is -10.2. The lowest BCUT2D eigenvalue weighted by atomic mass is 10.3. The van der Waals surface area contributed by atoms with Crippen LogP contribution in [0.3, 0.4) is 0 Å². The average molecular weight is 492 g/mol. The summed E-state index contributed by atoms with van der Waals surface area (Å²) in [7, 11) is 1.93. The molecule has 1 aromatic heterocycles. The number of hydrogen-bond donors (Lipinski definition) is 4. The molecule has 3 rings (SSSR count). The van der Waals surface area contributed by atoms with Crippen molar-refractivity contribution < 1.29 is 50.9 Å². The van der Waals surface area contributed by atoms with Crippen molar-refractivity contribution in [3.8, 4) is 0 Å². The Bertz CT molecular complexity index is 826. The van der Waals surface area contributed by atoms with Gasteiger partial charge in [0.15, 0.2) is 5.82 Å². The lowest BCUT2D eigenvalue weighted by Crippen LogP contribution is -2.44. The van der Waals surface area contributed by atoms with Crippen LogP contribution >= 0.6 is 0 Å². The molecular weight excluding hydrogens is 470 g/mol. The molecule has 1 aromatic rings. The van der Waals surface area contributed by atoms with Gasteiger partial charge in [-0.2, -0.15) is 31.4 Å². The van der Waals surface area contributed by atoms with Gasteiger partial charge in [0.25, 0.3) is 0 Å². The first-order valence-electron chi connectivity index (χ1n) is 9.22. The molecule has 188 valence electrons. The quantitative estimate of drug-likeness (QED) is 0.448. The smallest absolute Gasteiger partial charge is 0.475 e. The summed E-state index contributed by atoms with van der Waals surface area (Å²) in [6, 6.07) is -0.0208. The highest BCUT2D eigenvalue weighted by Gasteiger charge is 2.39. The molecule has 2 saturated heterocycles. The van der Waals surface area contributed by atoms with Gasteiger partial charge in [0.1, 0.15) is 5.69 Å². The van der Waals surface area contributed by atoms with Crippen LogP contribution in [0.4, 0.5) is 42.6 Å². The molecule has 17 heteroatoms. The first-order chi connectivity index (χ1) is 15.1. The van der Waals surface area contributed by atoms with Crippen molar-refractivity contribution in [2.24, 2.45) is 7.05 Å². The van der Waals surface area contributed by atoms with Crippen molar-refractivity contribution in [2.75, 3.05) is 49.1 Å². The molecule has 2 fully saturated rings. The number of carboxylic acid groups (broad SMARTS) is 2. The zero-order chi connectivity index (χ0) is 25.6. The third kappa shape index (κ3) is 7.99. The fourth-order valence-electron chi connectivity index (χ4n) is 2.67.